The van der Waals surface area contributed by atoms with Gasteiger partial charge < -0.3 is 20.1 Å². The summed E-state index contributed by atoms with van der Waals surface area (Å²) in [6, 6.07) is 7.15. The lowest BCUT2D eigenvalue weighted by Crippen LogP contribution is -2.48. The summed E-state index contributed by atoms with van der Waals surface area (Å²) >= 11 is 0. The fourth-order valence-corrected chi connectivity index (χ4v) is 1.90. The van der Waals surface area contributed by atoms with Crippen LogP contribution < -0.4 is 15.4 Å². The molecule has 0 bridgehead atoms. The summed E-state index contributed by atoms with van der Waals surface area (Å²) in [5.74, 6) is 0.747. The van der Waals surface area contributed by atoms with Crippen LogP contribution >= 0.6 is 0 Å². The van der Waals surface area contributed by atoms with E-state index in [1.807, 2.05) is 31.2 Å². The summed E-state index contributed by atoms with van der Waals surface area (Å²) in [5, 5.41) is 5.99. The second-order valence-corrected chi connectivity index (χ2v) is 4.93. The molecule has 2 N–H and O–H groups in total. The number of carbonyl (C=O) groups is 1. The Bertz CT molecular complexity index is 427. The van der Waals surface area contributed by atoms with Crippen molar-refractivity contribution in [3.8, 4) is 5.75 Å². The van der Waals surface area contributed by atoms with Gasteiger partial charge in [-0.2, -0.15) is 0 Å². The Morgan fingerprint density at radius 1 is 1.50 bits per heavy atom. The van der Waals surface area contributed by atoms with E-state index in [0.29, 0.717) is 19.8 Å². The van der Waals surface area contributed by atoms with Gasteiger partial charge in [0.15, 0.2) is 0 Å². The number of amides is 1. The molecule has 1 saturated heterocycles. The fourth-order valence-electron chi connectivity index (χ4n) is 1.90. The summed E-state index contributed by atoms with van der Waals surface area (Å²) in [6.07, 6.45) is 1.16. The largest absolute Gasteiger partial charge is 0.491 e. The average molecular weight is 278 g/mol. The molecule has 5 nitrogen and oxygen atoms in total. The molecule has 0 aliphatic carbocycles. The van der Waals surface area contributed by atoms with Crippen LogP contribution in [0.3, 0.4) is 0 Å². The van der Waals surface area contributed by atoms with Crippen LogP contribution in [0.15, 0.2) is 24.3 Å². The lowest BCUT2D eigenvalue weighted by molar-refractivity contribution is -0.120. The minimum absolute atomic E-state index is 0.0692. The summed E-state index contributed by atoms with van der Waals surface area (Å²) in [7, 11) is 0. The molecule has 110 valence electrons. The molecule has 0 spiro atoms. The van der Waals surface area contributed by atoms with Crippen LogP contribution in [0.5, 0.6) is 5.75 Å². The summed E-state index contributed by atoms with van der Waals surface area (Å²) in [6.45, 7) is 5.90. The molecule has 1 fully saturated rings. The van der Waals surface area contributed by atoms with Crippen molar-refractivity contribution in [2.45, 2.75) is 32.4 Å². The van der Waals surface area contributed by atoms with Crippen molar-refractivity contribution < 1.29 is 14.3 Å². The second-order valence-electron chi connectivity index (χ2n) is 4.93. The van der Waals surface area contributed by atoms with Crippen LogP contribution in [0.2, 0.25) is 0 Å². The van der Waals surface area contributed by atoms with Gasteiger partial charge in [-0.05, 0) is 37.6 Å². The number of morpholine rings is 1. The lowest BCUT2D eigenvalue weighted by Gasteiger charge is -2.23. The van der Waals surface area contributed by atoms with E-state index in [4.69, 9.17) is 9.47 Å². The first-order valence-electron chi connectivity index (χ1n) is 7.07. The van der Waals surface area contributed by atoms with Crippen LogP contribution in [-0.4, -0.2) is 37.8 Å². The van der Waals surface area contributed by atoms with E-state index in [2.05, 4.69) is 17.6 Å². The summed E-state index contributed by atoms with van der Waals surface area (Å²) < 4.78 is 11.0. The number of hydrogen-bond donors (Lipinski definition) is 2. The van der Waals surface area contributed by atoms with Crippen LogP contribution in [0.4, 0.5) is 5.69 Å². The van der Waals surface area contributed by atoms with Crippen LogP contribution in [0.25, 0.3) is 0 Å². The van der Waals surface area contributed by atoms with Crippen molar-refractivity contribution in [2.75, 3.05) is 25.1 Å². The monoisotopic (exact) mass is 278 g/mol. The molecule has 1 aromatic carbocycles. The zero-order chi connectivity index (χ0) is 14.4. The van der Waals surface area contributed by atoms with E-state index in [0.717, 1.165) is 17.9 Å². The molecule has 0 saturated carbocycles. The number of rotatable bonds is 5. The molecule has 20 heavy (non-hydrogen) atoms. The van der Waals surface area contributed by atoms with Crippen molar-refractivity contribution >= 4 is 11.6 Å². The fraction of sp³-hybridized carbons (Fsp3) is 0.533. The Morgan fingerprint density at radius 2 is 2.25 bits per heavy atom. The molecule has 1 aliphatic rings. The second kappa shape index (κ2) is 7.26. The maximum Gasteiger partial charge on any atom is 0.243 e. The Hall–Kier alpha value is -1.59. The predicted molar refractivity (Wildman–Crippen MR) is 78.1 cm³/mol. The number of hydrogen-bond acceptors (Lipinski definition) is 4. The Labute approximate surface area is 119 Å². The van der Waals surface area contributed by atoms with Crippen molar-refractivity contribution in [3.63, 3.8) is 0 Å². The zero-order valence-electron chi connectivity index (χ0n) is 12.0. The van der Waals surface area contributed by atoms with E-state index in [9.17, 15) is 4.79 Å². The molecular formula is C15H22N2O3. The third kappa shape index (κ3) is 4.21. The quantitative estimate of drug-likeness (QED) is 0.862. The molecule has 5 heteroatoms. The van der Waals surface area contributed by atoms with Crippen LogP contribution in [-0.2, 0) is 9.53 Å². The van der Waals surface area contributed by atoms with Gasteiger partial charge in [-0.15, -0.1) is 0 Å². The highest BCUT2D eigenvalue weighted by Gasteiger charge is 2.20. The van der Waals surface area contributed by atoms with Gasteiger partial charge in [0, 0.05) is 12.2 Å². The van der Waals surface area contributed by atoms with E-state index in [1.54, 1.807) is 0 Å². The van der Waals surface area contributed by atoms with E-state index in [1.165, 1.54) is 0 Å². The number of nitrogens with one attached hydrogen (secondary N) is 2. The van der Waals surface area contributed by atoms with Crippen LogP contribution in [0, 0.1) is 0 Å². The van der Waals surface area contributed by atoms with Crippen molar-refractivity contribution in [3.05, 3.63) is 24.3 Å². The first-order chi connectivity index (χ1) is 9.69. The molecule has 1 amide bonds. The Balaban J connectivity index is 1.88. The highest BCUT2D eigenvalue weighted by Crippen LogP contribution is 2.17. The smallest absolute Gasteiger partial charge is 0.243 e. The number of benzene rings is 1. The Kier molecular flexibility index (Phi) is 5.38. The minimum atomic E-state index is -0.278. The van der Waals surface area contributed by atoms with Gasteiger partial charge in [0.05, 0.1) is 19.3 Å². The number of ether oxygens (including phenoxy) is 2. The van der Waals surface area contributed by atoms with Gasteiger partial charge >= 0.3 is 0 Å². The molecule has 0 aromatic heterocycles. The molecule has 2 atom stereocenters. The average Bonchev–Trinajstić information content (AvgIpc) is 2.50. The van der Waals surface area contributed by atoms with E-state index >= 15 is 0 Å². The van der Waals surface area contributed by atoms with Gasteiger partial charge in [0.2, 0.25) is 5.91 Å². The standard InChI is InChI=1S/C15H22N2O3/c1-3-11(2)20-13-6-4-12(5-7-13)17-15(18)14-10-19-9-8-16-14/h4-7,11,14,16H,3,8-10H2,1-2H3,(H,17,18). The van der Waals surface area contributed by atoms with E-state index in [-0.39, 0.29) is 18.1 Å². The van der Waals surface area contributed by atoms with Gasteiger partial charge in [-0.1, -0.05) is 6.92 Å². The summed E-state index contributed by atoms with van der Waals surface area (Å²) in [4.78, 5) is 12.0. The van der Waals surface area contributed by atoms with Crippen molar-refractivity contribution in [1.82, 2.24) is 5.32 Å². The highest BCUT2D eigenvalue weighted by molar-refractivity contribution is 5.95. The first-order valence-corrected chi connectivity index (χ1v) is 7.07. The highest BCUT2D eigenvalue weighted by atomic mass is 16.5. The molecule has 1 aliphatic heterocycles. The third-order valence-electron chi connectivity index (χ3n) is 3.27. The molecule has 2 rings (SSSR count). The molecular weight excluding hydrogens is 256 g/mol. The molecule has 2 unspecified atom stereocenters. The van der Waals surface area contributed by atoms with Gasteiger partial charge in [0.25, 0.3) is 0 Å². The van der Waals surface area contributed by atoms with Gasteiger partial charge in [-0.3, -0.25) is 4.79 Å². The number of anilines is 1. The van der Waals surface area contributed by atoms with Crippen LogP contribution in [0.1, 0.15) is 20.3 Å². The number of carbonyl (C=O) groups excluding carboxylic acids is 1. The lowest BCUT2D eigenvalue weighted by atomic mass is 10.2. The van der Waals surface area contributed by atoms with Crippen molar-refractivity contribution in [2.24, 2.45) is 0 Å². The Morgan fingerprint density at radius 3 is 2.85 bits per heavy atom. The maximum absolute atomic E-state index is 12.0. The first kappa shape index (κ1) is 14.8. The topological polar surface area (TPSA) is 59.6 Å². The molecule has 0 radical (unpaired) electrons. The zero-order valence-corrected chi connectivity index (χ0v) is 12.0. The molecule has 1 heterocycles. The molecule has 1 aromatic rings. The predicted octanol–water partition coefficient (Wildman–Crippen LogP) is 1.79. The summed E-state index contributed by atoms with van der Waals surface area (Å²) in [5.41, 5.74) is 0.763. The van der Waals surface area contributed by atoms with Gasteiger partial charge in [-0.25, -0.2) is 0 Å². The van der Waals surface area contributed by atoms with Gasteiger partial charge in [0.1, 0.15) is 11.8 Å². The minimum Gasteiger partial charge on any atom is -0.491 e. The third-order valence-corrected chi connectivity index (χ3v) is 3.27. The normalized spacial score (nSPS) is 20.2. The maximum atomic E-state index is 12.0. The SMILES string of the molecule is CCC(C)Oc1ccc(NC(=O)C2COCCN2)cc1. The van der Waals surface area contributed by atoms with Crippen molar-refractivity contribution in [1.29, 1.82) is 0 Å². The van der Waals surface area contributed by atoms with E-state index < -0.39 is 0 Å².